The molecule has 1 heterocycles. The van der Waals surface area contributed by atoms with Gasteiger partial charge in [0, 0.05) is 23.8 Å². The molecule has 1 aromatic heterocycles. The van der Waals surface area contributed by atoms with Crippen LogP contribution in [0.3, 0.4) is 0 Å². The SMILES string of the molecule is CCNC(C)c1ccc(F)cc1-c1cnn(CC)c1C. The molecule has 1 N–H and O–H groups in total. The Bertz CT molecular complexity index is 589. The van der Waals surface area contributed by atoms with E-state index in [4.69, 9.17) is 0 Å². The third-order valence-electron chi connectivity index (χ3n) is 3.69. The lowest BCUT2D eigenvalue weighted by molar-refractivity contribution is 0.593. The lowest BCUT2D eigenvalue weighted by Crippen LogP contribution is -2.18. The molecule has 0 amide bonds. The van der Waals surface area contributed by atoms with Gasteiger partial charge in [0.2, 0.25) is 0 Å². The van der Waals surface area contributed by atoms with Crippen molar-refractivity contribution >= 4 is 0 Å². The number of aromatic nitrogens is 2. The molecule has 0 saturated heterocycles. The van der Waals surface area contributed by atoms with Crippen molar-refractivity contribution in [2.75, 3.05) is 6.54 Å². The summed E-state index contributed by atoms with van der Waals surface area (Å²) in [5.41, 5.74) is 4.11. The Balaban J connectivity index is 2.53. The predicted molar refractivity (Wildman–Crippen MR) is 80.1 cm³/mol. The molecule has 20 heavy (non-hydrogen) atoms. The van der Waals surface area contributed by atoms with Crippen LogP contribution in [0, 0.1) is 12.7 Å². The van der Waals surface area contributed by atoms with E-state index >= 15 is 0 Å². The highest BCUT2D eigenvalue weighted by molar-refractivity contribution is 5.69. The van der Waals surface area contributed by atoms with Crippen molar-refractivity contribution in [1.29, 1.82) is 0 Å². The first kappa shape index (κ1) is 14.7. The first-order chi connectivity index (χ1) is 9.58. The smallest absolute Gasteiger partial charge is 0.123 e. The number of nitrogens with zero attached hydrogens (tertiary/aromatic N) is 2. The maximum absolute atomic E-state index is 13.7. The fraction of sp³-hybridized carbons (Fsp3) is 0.438. The molecule has 0 saturated carbocycles. The molecule has 2 aromatic rings. The van der Waals surface area contributed by atoms with Crippen LogP contribution in [0.1, 0.15) is 38.1 Å². The lowest BCUT2D eigenvalue weighted by Gasteiger charge is -2.17. The zero-order chi connectivity index (χ0) is 14.7. The number of nitrogens with one attached hydrogen (secondary N) is 1. The van der Waals surface area contributed by atoms with Crippen LogP contribution in [0.2, 0.25) is 0 Å². The lowest BCUT2D eigenvalue weighted by atomic mass is 9.95. The molecule has 0 spiro atoms. The molecule has 2 rings (SSSR count). The van der Waals surface area contributed by atoms with Gasteiger partial charge >= 0.3 is 0 Å². The molecule has 0 aliphatic rings. The molecular formula is C16H22FN3. The average molecular weight is 275 g/mol. The van der Waals surface area contributed by atoms with Crippen LogP contribution in [-0.2, 0) is 6.54 Å². The van der Waals surface area contributed by atoms with Gasteiger partial charge in [-0.15, -0.1) is 0 Å². The first-order valence-electron chi connectivity index (χ1n) is 7.14. The van der Waals surface area contributed by atoms with Crippen molar-refractivity contribution in [3.8, 4) is 11.1 Å². The second-order valence-corrected chi connectivity index (χ2v) is 4.97. The minimum Gasteiger partial charge on any atom is -0.310 e. The van der Waals surface area contributed by atoms with E-state index in [1.165, 1.54) is 6.07 Å². The van der Waals surface area contributed by atoms with E-state index in [9.17, 15) is 4.39 Å². The number of rotatable bonds is 5. The highest BCUT2D eigenvalue weighted by atomic mass is 19.1. The van der Waals surface area contributed by atoms with E-state index in [1.54, 1.807) is 6.07 Å². The molecule has 1 aromatic carbocycles. The summed E-state index contributed by atoms with van der Waals surface area (Å²) in [5.74, 6) is -0.212. The highest BCUT2D eigenvalue weighted by Gasteiger charge is 2.16. The topological polar surface area (TPSA) is 29.9 Å². The molecule has 0 bridgehead atoms. The maximum atomic E-state index is 13.7. The molecule has 1 unspecified atom stereocenters. The van der Waals surface area contributed by atoms with Crippen molar-refractivity contribution in [2.24, 2.45) is 0 Å². The van der Waals surface area contributed by atoms with Crippen molar-refractivity contribution in [1.82, 2.24) is 15.1 Å². The summed E-state index contributed by atoms with van der Waals surface area (Å²) in [6, 6.07) is 5.17. The zero-order valence-corrected chi connectivity index (χ0v) is 12.6. The molecule has 108 valence electrons. The van der Waals surface area contributed by atoms with E-state index in [2.05, 4.69) is 31.2 Å². The van der Waals surface area contributed by atoms with Gasteiger partial charge in [0.05, 0.1) is 6.20 Å². The molecule has 0 aliphatic carbocycles. The Morgan fingerprint density at radius 3 is 2.65 bits per heavy atom. The van der Waals surface area contributed by atoms with E-state index in [-0.39, 0.29) is 11.9 Å². The van der Waals surface area contributed by atoms with Crippen LogP contribution >= 0.6 is 0 Å². The molecule has 1 atom stereocenters. The third kappa shape index (κ3) is 2.75. The fourth-order valence-corrected chi connectivity index (χ4v) is 2.59. The van der Waals surface area contributed by atoms with Crippen molar-refractivity contribution in [2.45, 2.75) is 40.3 Å². The van der Waals surface area contributed by atoms with Gasteiger partial charge in [-0.05, 0) is 50.6 Å². The van der Waals surface area contributed by atoms with Gasteiger partial charge in [0.15, 0.2) is 0 Å². The van der Waals surface area contributed by atoms with Gasteiger partial charge < -0.3 is 5.32 Å². The summed E-state index contributed by atoms with van der Waals surface area (Å²) in [7, 11) is 0. The Morgan fingerprint density at radius 1 is 1.30 bits per heavy atom. The fourth-order valence-electron chi connectivity index (χ4n) is 2.59. The van der Waals surface area contributed by atoms with Crippen molar-refractivity contribution in [3.63, 3.8) is 0 Å². The Hall–Kier alpha value is -1.68. The Labute approximate surface area is 119 Å². The molecule has 0 fully saturated rings. The van der Waals surface area contributed by atoms with Crippen LogP contribution in [0.4, 0.5) is 4.39 Å². The van der Waals surface area contributed by atoms with Gasteiger partial charge in [0.1, 0.15) is 5.82 Å². The molecule has 3 nitrogen and oxygen atoms in total. The van der Waals surface area contributed by atoms with E-state index in [0.29, 0.717) is 0 Å². The summed E-state index contributed by atoms with van der Waals surface area (Å²) < 4.78 is 15.6. The Kier molecular flexibility index (Phi) is 4.55. The number of aryl methyl sites for hydroxylation is 1. The van der Waals surface area contributed by atoms with Gasteiger partial charge in [-0.2, -0.15) is 5.10 Å². The van der Waals surface area contributed by atoms with Gasteiger partial charge in [-0.1, -0.05) is 13.0 Å². The normalized spacial score (nSPS) is 12.7. The predicted octanol–water partition coefficient (Wildman–Crippen LogP) is 3.69. The second-order valence-electron chi connectivity index (χ2n) is 4.97. The molecule has 0 radical (unpaired) electrons. The van der Waals surface area contributed by atoms with Crippen LogP contribution < -0.4 is 5.32 Å². The van der Waals surface area contributed by atoms with Crippen LogP contribution in [0.15, 0.2) is 24.4 Å². The standard InChI is InChI=1S/C16H22FN3/c1-5-18-11(3)14-8-7-13(17)9-15(14)16-10-19-20(6-2)12(16)4/h7-11,18H,5-6H2,1-4H3. The van der Waals surface area contributed by atoms with Gasteiger partial charge in [0.25, 0.3) is 0 Å². The highest BCUT2D eigenvalue weighted by Crippen LogP contribution is 2.31. The minimum absolute atomic E-state index is 0.181. The van der Waals surface area contributed by atoms with E-state index in [1.807, 2.05) is 23.9 Å². The largest absolute Gasteiger partial charge is 0.310 e. The monoisotopic (exact) mass is 275 g/mol. The average Bonchev–Trinajstić information content (AvgIpc) is 2.79. The molecular weight excluding hydrogens is 253 g/mol. The summed E-state index contributed by atoms with van der Waals surface area (Å²) >= 11 is 0. The number of hydrogen-bond donors (Lipinski definition) is 1. The third-order valence-corrected chi connectivity index (χ3v) is 3.69. The van der Waals surface area contributed by atoms with Crippen molar-refractivity contribution < 1.29 is 4.39 Å². The van der Waals surface area contributed by atoms with E-state index in [0.717, 1.165) is 35.5 Å². The summed E-state index contributed by atoms with van der Waals surface area (Å²) in [6.07, 6.45) is 1.83. The number of halogens is 1. The van der Waals surface area contributed by atoms with Gasteiger partial charge in [-0.25, -0.2) is 4.39 Å². The maximum Gasteiger partial charge on any atom is 0.123 e. The molecule has 0 aliphatic heterocycles. The van der Waals surface area contributed by atoms with E-state index < -0.39 is 0 Å². The Morgan fingerprint density at radius 2 is 2.05 bits per heavy atom. The number of hydrogen-bond acceptors (Lipinski definition) is 2. The van der Waals surface area contributed by atoms with Crippen LogP contribution in [0.5, 0.6) is 0 Å². The quantitative estimate of drug-likeness (QED) is 0.902. The summed E-state index contributed by atoms with van der Waals surface area (Å²) in [5, 5.41) is 7.74. The first-order valence-corrected chi connectivity index (χ1v) is 7.14. The zero-order valence-electron chi connectivity index (χ0n) is 12.6. The molecule has 4 heteroatoms. The van der Waals surface area contributed by atoms with Crippen LogP contribution in [0.25, 0.3) is 11.1 Å². The minimum atomic E-state index is -0.212. The summed E-state index contributed by atoms with van der Waals surface area (Å²) in [6.45, 7) is 9.94. The van der Waals surface area contributed by atoms with Crippen molar-refractivity contribution in [3.05, 3.63) is 41.5 Å². The summed E-state index contributed by atoms with van der Waals surface area (Å²) in [4.78, 5) is 0. The number of benzene rings is 1. The second kappa shape index (κ2) is 6.18. The van der Waals surface area contributed by atoms with Gasteiger partial charge in [-0.3, -0.25) is 4.68 Å². The van der Waals surface area contributed by atoms with Crippen LogP contribution in [-0.4, -0.2) is 16.3 Å².